The van der Waals surface area contributed by atoms with Crippen LogP contribution in [0.4, 0.5) is 11.6 Å². The second kappa shape index (κ2) is 11.3. The van der Waals surface area contributed by atoms with E-state index in [1.165, 1.54) is 0 Å². The number of fused-ring (bicyclic) bond motifs is 1. The van der Waals surface area contributed by atoms with Gasteiger partial charge < -0.3 is 21.3 Å². The molecule has 4 N–H and O–H groups in total. The summed E-state index contributed by atoms with van der Waals surface area (Å²) in [5.74, 6) is 1.57. The number of aromatic nitrogens is 4. The highest BCUT2D eigenvalue weighted by atomic mass is 16.1. The van der Waals surface area contributed by atoms with Gasteiger partial charge in [-0.25, -0.2) is 15.0 Å². The fraction of sp³-hybridized carbons (Fsp3) is 0.269. The van der Waals surface area contributed by atoms with Gasteiger partial charge in [0.1, 0.15) is 18.0 Å². The quantitative estimate of drug-likeness (QED) is 0.261. The molecule has 0 radical (unpaired) electrons. The van der Waals surface area contributed by atoms with Crippen molar-refractivity contribution in [3.05, 3.63) is 72.3 Å². The predicted octanol–water partition coefficient (Wildman–Crippen LogP) is 3.29. The molecular weight excluding hydrogens is 440 g/mol. The molecule has 0 fully saturated rings. The lowest BCUT2D eigenvalue weighted by atomic mass is 9.96. The fourth-order valence-electron chi connectivity index (χ4n) is 3.87. The van der Waals surface area contributed by atoms with Crippen LogP contribution in [0.3, 0.4) is 0 Å². The van der Waals surface area contributed by atoms with Crippen molar-refractivity contribution in [2.24, 2.45) is 0 Å². The Morgan fingerprint density at radius 1 is 0.943 bits per heavy atom. The van der Waals surface area contributed by atoms with Crippen LogP contribution in [0.5, 0.6) is 0 Å². The van der Waals surface area contributed by atoms with Crippen LogP contribution >= 0.6 is 0 Å². The van der Waals surface area contributed by atoms with E-state index in [1.54, 1.807) is 25.6 Å². The molecule has 180 valence electrons. The first-order valence-corrected chi connectivity index (χ1v) is 11.6. The highest BCUT2D eigenvalue weighted by Crippen LogP contribution is 2.27. The zero-order valence-corrected chi connectivity index (χ0v) is 20.2. The average Bonchev–Trinajstić information content (AvgIpc) is 2.91. The molecule has 9 nitrogen and oxygen atoms in total. The van der Waals surface area contributed by atoms with Gasteiger partial charge in [-0.05, 0) is 30.8 Å². The number of anilines is 2. The first-order valence-electron chi connectivity index (χ1n) is 11.6. The second-order valence-electron chi connectivity index (χ2n) is 8.21. The Kier molecular flexibility index (Phi) is 7.79. The smallest absolute Gasteiger partial charge is 0.251 e. The van der Waals surface area contributed by atoms with Gasteiger partial charge in [-0.2, -0.15) is 0 Å². The number of hydrogen-bond donors (Lipinski definition) is 4. The standard InChI is InChI=1S/C26H30N8O/c1-17(19-5-4-6-20-21(26(35)28-3)9-10-30-25(19)20)14-31-24-13-22(33-16-34-24)18-7-8-23(32-15-18)29-12-11-27-2/h4-10,13,15-17,27H,11-12,14H2,1-3H3,(H,28,35)(H,29,32)(H,31,33,34)/t17-/m1/s1. The molecule has 0 aliphatic rings. The fourth-order valence-corrected chi connectivity index (χ4v) is 3.87. The molecule has 1 aromatic carbocycles. The van der Waals surface area contributed by atoms with Gasteiger partial charge in [0.05, 0.1) is 16.8 Å². The Hall–Kier alpha value is -4.11. The lowest BCUT2D eigenvalue weighted by Gasteiger charge is -2.16. The lowest BCUT2D eigenvalue weighted by Crippen LogP contribution is -2.18. The molecule has 1 amide bonds. The molecule has 35 heavy (non-hydrogen) atoms. The molecule has 3 aromatic heterocycles. The second-order valence-corrected chi connectivity index (χ2v) is 8.21. The lowest BCUT2D eigenvalue weighted by molar-refractivity contribution is 0.0964. The van der Waals surface area contributed by atoms with Gasteiger partial charge in [0.2, 0.25) is 0 Å². The molecular formula is C26H30N8O. The van der Waals surface area contributed by atoms with Crippen LogP contribution in [-0.2, 0) is 0 Å². The number of amides is 1. The van der Waals surface area contributed by atoms with E-state index in [2.05, 4.69) is 54.2 Å². The highest BCUT2D eigenvalue weighted by molar-refractivity contribution is 6.06. The summed E-state index contributed by atoms with van der Waals surface area (Å²) in [7, 11) is 3.55. The zero-order valence-electron chi connectivity index (χ0n) is 20.2. The van der Waals surface area contributed by atoms with E-state index >= 15 is 0 Å². The third-order valence-corrected chi connectivity index (χ3v) is 5.80. The molecule has 4 aromatic rings. The minimum atomic E-state index is -0.120. The largest absolute Gasteiger partial charge is 0.369 e. The first-order chi connectivity index (χ1) is 17.1. The minimum absolute atomic E-state index is 0.120. The summed E-state index contributed by atoms with van der Waals surface area (Å²) in [5.41, 5.74) is 4.24. The first kappa shape index (κ1) is 24.0. The molecule has 0 aliphatic carbocycles. The summed E-state index contributed by atoms with van der Waals surface area (Å²) >= 11 is 0. The molecule has 0 saturated carbocycles. The number of nitrogens with one attached hydrogen (secondary N) is 4. The molecule has 4 rings (SSSR count). The summed E-state index contributed by atoms with van der Waals surface area (Å²) in [6.07, 6.45) is 5.04. The number of carbonyl (C=O) groups excluding carboxylic acids is 1. The van der Waals surface area contributed by atoms with Crippen LogP contribution in [0.2, 0.25) is 0 Å². The number of likely N-dealkylation sites (N-methyl/N-ethyl adjacent to an activating group) is 1. The van der Waals surface area contributed by atoms with Crippen LogP contribution < -0.4 is 21.3 Å². The molecule has 1 atom stereocenters. The molecule has 0 aliphatic heterocycles. The number of rotatable bonds is 10. The molecule has 0 saturated heterocycles. The van der Waals surface area contributed by atoms with Crippen molar-refractivity contribution in [3.8, 4) is 11.3 Å². The molecule has 0 spiro atoms. The van der Waals surface area contributed by atoms with Crippen molar-refractivity contribution in [1.29, 1.82) is 0 Å². The normalized spacial score (nSPS) is 11.7. The van der Waals surface area contributed by atoms with Gasteiger partial charge in [0.25, 0.3) is 5.91 Å². The molecule has 0 unspecified atom stereocenters. The van der Waals surface area contributed by atoms with Crippen molar-refractivity contribution in [3.63, 3.8) is 0 Å². The molecule has 9 heteroatoms. The predicted molar refractivity (Wildman–Crippen MR) is 140 cm³/mol. The number of nitrogens with zero attached hydrogens (tertiary/aromatic N) is 4. The number of benzene rings is 1. The van der Waals surface area contributed by atoms with E-state index in [0.717, 1.165) is 52.4 Å². The monoisotopic (exact) mass is 470 g/mol. The number of carbonyl (C=O) groups is 1. The maximum atomic E-state index is 12.3. The number of para-hydroxylation sites is 1. The van der Waals surface area contributed by atoms with Gasteiger partial charge in [-0.1, -0.05) is 25.1 Å². The Morgan fingerprint density at radius 2 is 1.83 bits per heavy atom. The number of pyridine rings is 2. The van der Waals surface area contributed by atoms with Crippen molar-refractivity contribution >= 4 is 28.4 Å². The van der Waals surface area contributed by atoms with Crippen LogP contribution in [0, 0.1) is 0 Å². The Bertz CT molecular complexity index is 1290. The summed E-state index contributed by atoms with van der Waals surface area (Å²) in [6.45, 7) is 4.45. The summed E-state index contributed by atoms with van der Waals surface area (Å²) < 4.78 is 0. The Labute approximate surface area is 204 Å². The van der Waals surface area contributed by atoms with Crippen LogP contribution in [0.1, 0.15) is 28.8 Å². The van der Waals surface area contributed by atoms with Gasteiger partial charge in [0.15, 0.2) is 0 Å². The molecule has 3 heterocycles. The average molecular weight is 471 g/mol. The van der Waals surface area contributed by atoms with Crippen LogP contribution in [0.15, 0.2) is 61.2 Å². The maximum Gasteiger partial charge on any atom is 0.251 e. The summed E-state index contributed by atoms with van der Waals surface area (Å²) in [6, 6.07) is 13.6. The Balaban J connectivity index is 1.46. The van der Waals surface area contributed by atoms with E-state index in [-0.39, 0.29) is 11.8 Å². The highest BCUT2D eigenvalue weighted by Gasteiger charge is 2.15. The third kappa shape index (κ3) is 5.70. The molecule has 0 bridgehead atoms. The zero-order chi connectivity index (χ0) is 24.6. The van der Waals surface area contributed by atoms with Crippen molar-refractivity contribution < 1.29 is 4.79 Å². The van der Waals surface area contributed by atoms with E-state index in [0.29, 0.717) is 12.1 Å². The van der Waals surface area contributed by atoms with Gasteiger partial charge in [0, 0.05) is 62.0 Å². The number of hydrogen-bond acceptors (Lipinski definition) is 8. The van der Waals surface area contributed by atoms with E-state index < -0.39 is 0 Å². The van der Waals surface area contributed by atoms with E-state index in [9.17, 15) is 4.79 Å². The van der Waals surface area contributed by atoms with E-state index in [4.69, 9.17) is 0 Å². The van der Waals surface area contributed by atoms with Crippen molar-refractivity contribution in [2.75, 3.05) is 44.4 Å². The summed E-state index contributed by atoms with van der Waals surface area (Å²) in [5, 5.41) is 13.3. The minimum Gasteiger partial charge on any atom is -0.369 e. The van der Waals surface area contributed by atoms with E-state index in [1.807, 2.05) is 43.6 Å². The summed E-state index contributed by atoms with van der Waals surface area (Å²) in [4.78, 5) is 30.1. The van der Waals surface area contributed by atoms with Gasteiger partial charge >= 0.3 is 0 Å². The van der Waals surface area contributed by atoms with Crippen LogP contribution in [0.25, 0.3) is 22.2 Å². The third-order valence-electron chi connectivity index (χ3n) is 5.80. The maximum absolute atomic E-state index is 12.3. The van der Waals surface area contributed by atoms with Crippen molar-refractivity contribution in [1.82, 2.24) is 30.6 Å². The SMILES string of the molecule is CNCCNc1ccc(-c2cc(NC[C@@H](C)c3cccc4c(C(=O)NC)ccnc34)ncn2)cn1. The van der Waals surface area contributed by atoms with Gasteiger partial charge in [-0.3, -0.25) is 9.78 Å². The van der Waals surface area contributed by atoms with Crippen LogP contribution in [-0.4, -0.2) is 59.6 Å². The topological polar surface area (TPSA) is 117 Å². The van der Waals surface area contributed by atoms with Gasteiger partial charge in [-0.15, -0.1) is 0 Å². The van der Waals surface area contributed by atoms with Crippen molar-refractivity contribution in [2.45, 2.75) is 12.8 Å². The Morgan fingerprint density at radius 3 is 2.60 bits per heavy atom.